The van der Waals surface area contributed by atoms with Crippen LogP contribution in [0.1, 0.15) is 400 Å². The van der Waals surface area contributed by atoms with E-state index in [1.165, 1.54) is 334 Å². The molecule has 0 saturated heterocycles. The van der Waals surface area contributed by atoms with Crippen molar-refractivity contribution < 1.29 is 19.1 Å². The third kappa shape index (κ3) is 72.5. The first kappa shape index (κ1) is 74.5. The molecule has 440 valence electrons. The Balaban J connectivity index is 0. The third-order valence-corrected chi connectivity index (χ3v) is 15.3. The monoisotopic (exact) mass is 1040 g/mol. The second-order valence-corrected chi connectivity index (χ2v) is 23.0. The Labute approximate surface area is 466 Å². The SMILES string of the molecule is CCCCCCCC/C=C\CCCCCCCCOC(=O)CCCCCCCCCCCCCCC.CCCCCCCC/C=C\CCCCCCCCOC(=O)CCCCCCCCCCCCCCCCC. The molecule has 4 nitrogen and oxygen atoms in total. The second kappa shape index (κ2) is 71.4. The molecule has 0 radical (unpaired) electrons. The predicted octanol–water partition coefficient (Wildman–Crippen LogP) is 24.9. The normalized spacial score (nSPS) is 11.5. The molecule has 0 aromatic rings. The van der Waals surface area contributed by atoms with Crippen molar-refractivity contribution >= 4 is 11.9 Å². The molecular weight excluding hydrogens is 905 g/mol. The summed E-state index contributed by atoms with van der Waals surface area (Å²) < 4.78 is 10.9. The molecule has 0 heterocycles. The molecule has 0 saturated carbocycles. The van der Waals surface area contributed by atoms with Crippen molar-refractivity contribution in [3.63, 3.8) is 0 Å². The minimum absolute atomic E-state index is 0.0193. The van der Waals surface area contributed by atoms with Gasteiger partial charge in [-0.1, -0.05) is 335 Å². The molecule has 0 N–H and O–H groups in total. The third-order valence-electron chi connectivity index (χ3n) is 15.3. The van der Waals surface area contributed by atoms with Crippen molar-refractivity contribution in [2.45, 2.75) is 400 Å². The molecule has 0 rings (SSSR count). The summed E-state index contributed by atoms with van der Waals surface area (Å²) in [6.07, 6.45) is 85.3. The fraction of sp³-hybridized carbons (Fsp3) is 0.914. The topological polar surface area (TPSA) is 52.6 Å². The van der Waals surface area contributed by atoms with Gasteiger partial charge in [0.25, 0.3) is 0 Å². The first-order valence-electron chi connectivity index (χ1n) is 34.2. The molecule has 0 atom stereocenters. The summed E-state index contributed by atoms with van der Waals surface area (Å²) >= 11 is 0. The van der Waals surface area contributed by atoms with Crippen LogP contribution >= 0.6 is 0 Å². The van der Waals surface area contributed by atoms with Gasteiger partial charge in [0.15, 0.2) is 0 Å². The van der Waals surface area contributed by atoms with Crippen molar-refractivity contribution in [1.82, 2.24) is 0 Å². The number of allylic oxidation sites excluding steroid dienone is 4. The van der Waals surface area contributed by atoms with Crippen LogP contribution in [0, 0.1) is 0 Å². The van der Waals surface area contributed by atoms with Gasteiger partial charge >= 0.3 is 11.9 Å². The Morgan fingerprint density at radius 3 is 0.581 bits per heavy atom. The van der Waals surface area contributed by atoms with Gasteiger partial charge in [-0.2, -0.15) is 0 Å². The highest BCUT2D eigenvalue weighted by Crippen LogP contribution is 2.17. The molecule has 4 heteroatoms. The molecule has 0 amide bonds. The van der Waals surface area contributed by atoms with E-state index >= 15 is 0 Å². The van der Waals surface area contributed by atoms with Crippen molar-refractivity contribution in [1.29, 1.82) is 0 Å². The fourth-order valence-electron chi connectivity index (χ4n) is 10.1. The maximum absolute atomic E-state index is 11.9. The Morgan fingerprint density at radius 1 is 0.216 bits per heavy atom. The largest absolute Gasteiger partial charge is 0.466 e. The first-order valence-corrected chi connectivity index (χ1v) is 34.2. The summed E-state index contributed by atoms with van der Waals surface area (Å²) in [5, 5.41) is 0. The molecule has 0 unspecified atom stereocenters. The van der Waals surface area contributed by atoms with Crippen LogP contribution in [0.15, 0.2) is 24.3 Å². The van der Waals surface area contributed by atoms with Gasteiger partial charge in [-0.25, -0.2) is 0 Å². The molecule has 0 aromatic heterocycles. The van der Waals surface area contributed by atoms with E-state index in [1.54, 1.807) is 0 Å². The molecule has 0 aliphatic carbocycles. The highest BCUT2D eigenvalue weighted by atomic mass is 16.5. The number of hydrogen-bond donors (Lipinski definition) is 0. The van der Waals surface area contributed by atoms with Gasteiger partial charge in [0, 0.05) is 12.8 Å². The van der Waals surface area contributed by atoms with Crippen LogP contribution < -0.4 is 0 Å². The highest BCUT2D eigenvalue weighted by Gasteiger charge is 2.05. The zero-order valence-electron chi connectivity index (χ0n) is 51.4. The van der Waals surface area contributed by atoms with E-state index in [1.807, 2.05) is 0 Å². The summed E-state index contributed by atoms with van der Waals surface area (Å²) in [5.74, 6) is 0.0401. The van der Waals surface area contributed by atoms with E-state index in [0.717, 1.165) is 25.7 Å². The van der Waals surface area contributed by atoms with Gasteiger partial charge in [-0.15, -0.1) is 0 Å². The average Bonchev–Trinajstić information content (AvgIpc) is 3.40. The maximum atomic E-state index is 11.9. The van der Waals surface area contributed by atoms with E-state index in [-0.39, 0.29) is 11.9 Å². The second-order valence-electron chi connectivity index (χ2n) is 23.0. The Bertz CT molecular complexity index is 1080. The van der Waals surface area contributed by atoms with E-state index in [0.29, 0.717) is 26.1 Å². The summed E-state index contributed by atoms with van der Waals surface area (Å²) in [5.41, 5.74) is 0. The first-order chi connectivity index (χ1) is 36.6. The lowest BCUT2D eigenvalue weighted by Gasteiger charge is -2.05. The number of carbonyl (C=O) groups is 2. The van der Waals surface area contributed by atoms with Crippen LogP contribution in [0.5, 0.6) is 0 Å². The quantitative estimate of drug-likeness (QED) is 0.0346. The lowest BCUT2D eigenvalue weighted by Crippen LogP contribution is -2.05. The molecular formula is C70H136O4. The van der Waals surface area contributed by atoms with Crippen molar-refractivity contribution in [2.75, 3.05) is 13.2 Å². The van der Waals surface area contributed by atoms with Gasteiger partial charge in [0.05, 0.1) is 13.2 Å². The number of rotatable bonds is 62. The Hall–Kier alpha value is -1.58. The van der Waals surface area contributed by atoms with Crippen molar-refractivity contribution in [3.8, 4) is 0 Å². The van der Waals surface area contributed by atoms with Gasteiger partial charge < -0.3 is 9.47 Å². The van der Waals surface area contributed by atoms with Crippen molar-refractivity contribution in [2.24, 2.45) is 0 Å². The van der Waals surface area contributed by atoms with E-state index in [9.17, 15) is 9.59 Å². The maximum Gasteiger partial charge on any atom is 0.305 e. The fourth-order valence-corrected chi connectivity index (χ4v) is 10.1. The zero-order chi connectivity index (χ0) is 53.8. The number of ether oxygens (including phenoxy) is 2. The summed E-state index contributed by atoms with van der Waals surface area (Å²) in [6, 6.07) is 0. The lowest BCUT2D eigenvalue weighted by atomic mass is 10.0. The number of unbranched alkanes of at least 4 members (excludes halogenated alkanes) is 50. The minimum atomic E-state index is 0.0193. The number of esters is 2. The minimum Gasteiger partial charge on any atom is -0.466 e. The van der Waals surface area contributed by atoms with Crippen molar-refractivity contribution in [3.05, 3.63) is 24.3 Å². The van der Waals surface area contributed by atoms with E-state index in [4.69, 9.17) is 9.47 Å². The van der Waals surface area contributed by atoms with Gasteiger partial charge in [0.2, 0.25) is 0 Å². The molecule has 0 bridgehead atoms. The van der Waals surface area contributed by atoms with E-state index < -0.39 is 0 Å². The molecule has 0 fully saturated rings. The lowest BCUT2D eigenvalue weighted by molar-refractivity contribution is -0.144. The van der Waals surface area contributed by atoms with Crippen LogP contribution in [0.25, 0.3) is 0 Å². The van der Waals surface area contributed by atoms with Gasteiger partial charge in [0.1, 0.15) is 0 Å². The predicted molar refractivity (Wildman–Crippen MR) is 331 cm³/mol. The standard InChI is InChI=1S/C36H70O2.C34H66O2/c1-3-5-7-9-11-13-15-17-19-21-23-25-27-29-31-33-35-38-36(37)34-32-30-28-26-24-22-20-18-16-14-12-10-8-6-4-2;1-3-5-7-9-11-13-15-17-18-19-21-23-25-27-29-31-33-36-34(35)32-30-28-26-24-22-20-16-14-12-10-8-6-4-2/h17,19H,3-16,18,20-35H2,1-2H3;17-18H,3-16,19-33H2,1-2H3/b19-17-;18-17-. The van der Waals surface area contributed by atoms with Crippen LogP contribution in [0.4, 0.5) is 0 Å². The summed E-state index contributed by atoms with van der Waals surface area (Å²) in [6.45, 7) is 10.4. The van der Waals surface area contributed by atoms with Crippen LogP contribution in [0.2, 0.25) is 0 Å². The van der Waals surface area contributed by atoms with Gasteiger partial charge in [-0.05, 0) is 77.0 Å². The van der Waals surface area contributed by atoms with Crippen LogP contribution in [-0.2, 0) is 19.1 Å². The van der Waals surface area contributed by atoms with E-state index in [2.05, 4.69) is 52.0 Å². The van der Waals surface area contributed by atoms with Crippen LogP contribution in [0.3, 0.4) is 0 Å². The Morgan fingerprint density at radius 2 is 0.378 bits per heavy atom. The smallest absolute Gasteiger partial charge is 0.305 e. The zero-order valence-corrected chi connectivity index (χ0v) is 51.4. The number of hydrogen-bond acceptors (Lipinski definition) is 4. The highest BCUT2D eigenvalue weighted by molar-refractivity contribution is 5.69. The Kier molecular flexibility index (Phi) is 71.9. The average molecular weight is 1040 g/mol. The summed E-state index contributed by atoms with van der Waals surface area (Å²) in [4.78, 5) is 23.8. The molecule has 0 aliphatic heterocycles. The summed E-state index contributed by atoms with van der Waals surface area (Å²) in [7, 11) is 0. The molecule has 74 heavy (non-hydrogen) atoms. The molecule has 0 spiro atoms. The number of carbonyl (C=O) groups excluding carboxylic acids is 2. The van der Waals surface area contributed by atoms with Gasteiger partial charge in [-0.3, -0.25) is 9.59 Å². The van der Waals surface area contributed by atoms with Crippen LogP contribution in [-0.4, -0.2) is 25.2 Å². The molecule has 0 aliphatic rings. The molecule has 0 aromatic carbocycles.